The van der Waals surface area contributed by atoms with E-state index in [4.69, 9.17) is 4.74 Å². The van der Waals surface area contributed by atoms with Crippen LogP contribution < -0.4 is 4.74 Å². The SMILES string of the molecule is CCN1C(=O)CN(Cc2ccc(OC)cc2)C(=O)[C@@H]1C. The largest absolute Gasteiger partial charge is 0.497 e. The van der Waals surface area contributed by atoms with Crippen molar-refractivity contribution in [1.82, 2.24) is 9.80 Å². The van der Waals surface area contributed by atoms with Crippen molar-refractivity contribution in [3.63, 3.8) is 0 Å². The Morgan fingerprint density at radius 3 is 2.45 bits per heavy atom. The molecule has 0 N–H and O–H groups in total. The van der Waals surface area contributed by atoms with Crippen molar-refractivity contribution in [3.05, 3.63) is 29.8 Å². The summed E-state index contributed by atoms with van der Waals surface area (Å²) < 4.78 is 5.10. The van der Waals surface area contributed by atoms with Gasteiger partial charge >= 0.3 is 0 Å². The topological polar surface area (TPSA) is 49.9 Å². The zero-order valence-electron chi connectivity index (χ0n) is 12.1. The highest BCUT2D eigenvalue weighted by molar-refractivity contribution is 5.94. The van der Waals surface area contributed by atoms with E-state index in [2.05, 4.69) is 0 Å². The van der Waals surface area contributed by atoms with E-state index in [1.165, 1.54) is 0 Å². The average Bonchev–Trinajstić information content (AvgIpc) is 2.46. The highest BCUT2D eigenvalue weighted by Gasteiger charge is 2.35. The Hall–Kier alpha value is -2.04. The zero-order valence-corrected chi connectivity index (χ0v) is 12.1. The Balaban J connectivity index is 2.09. The van der Waals surface area contributed by atoms with Crippen LogP contribution in [0.1, 0.15) is 19.4 Å². The van der Waals surface area contributed by atoms with E-state index in [0.29, 0.717) is 13.1 Å². The van der Waals surface area contributed by atoms with E-state index in [1.807, 2.05) is 31.2 Å². The first-order valence-corrected chi connectivity index (χ1v) is 6.78. The quantitative estimate of drug-likeness (QED) is 0.832. The highest BCUT2D eigenvalue weighted by Crippen LogP contribution is 2.17. The van der Waals surface area contributed by atoms with Crippen molar-refractivity contribution >= 4 is 11.8 Å². The van der Waals surface area contributed by atoms with Crippen LogP contribution in [0.3, 0.4) is 0 Å². The molecular formula is C15H20N2O3. The van der Waals surface area contributed by atoms with Crippen molar-refractivity contribution in [2.75, 3.05) is 20.2 Å². The van der Waals surface area contributed by atoms with Crippen LogP contribution >= 0.6 is 0 Å². The van der Waals surface area contributed by atoms with Crippen molar-refractivity contribution in [2.45, 2.75) is 26.4 Å². The van der Waals surface area contributed by atoms with Gasteiger partial charge in [-0.3, -0.25) is 9.59 Å². The van der Waals surface area contributed by atoms with Crippen LogP contribution in [0.4, 0.5) is 0 Å². The van der Waals surface area contributed by atoms with Crippen LogP contribution in [0.2, 0.25) is 0 Å². The Labute approximate surface area is 119 Å². The van der Waals surface area contributed by atoms with Crippen LogP contribution in [0, 0.1) is 0 Å². The molecule has 2 amide bonds. The molecule has 1 saturated heterocycles. The summed E-state index contributed by atoms with van der Waals surface area (Å²) in [5.74, 6) is 0.788. The van der Waals surface area contributed by atoms with Crippen LogP contribution in [-0.2, 0) is 16.1 Å². The number of rotatable bonds is 4. The fourth-order valence-electron chi connectivity index (χ4n) is 2.48. The van der Waals surface area contributed by atoms with Crippen molar-refractivity contribution in [2.24, 2.45) is 0 Å². The summed E-state index contributed by atoms with van der Waals surface area (Å²) in [4.78, 5) is 27.5. The molecule has 20 heavy (non-hydrogen) atoms. The van der Waals surface area contributed by atoms with Gasteiger partial charge < -0.3 is 14.5 Å². The molecule has 1 aromatic carbocycles. The molecule has 108 valence electrons. The maximum absolute atomic E-state index is 12.3. The third-order valence-electron chi connectivity index (χ3n) is 3.66. The minimum atomic E-state index is -0.375. The molecule has 1 fully saturated rings. The van der Waals surface area contributed by atoms with Crippen LogP contribution in [0.15, 0.2) is 24.3 Å². The van der Waals surface area contributed by atoms with E-state index < -0.39 is 0 Å². The molecule has 5 heteroatoms. The number of carbonyl (C=O) groups is 2. The summed E-state index contributed by atoms with van der Waals surface area (Å²) in [5, 5.41) is 0. The summed E-state index contributed by atoms with van der Waals surface area (Å²) in [6, 6.07) is 7.15. The van der Waals surface area contributed by atoms with Gasteiger partial charge in [0.15, 0.2) is 0 Å². The zero-order chi connectivity index (χ0) is 14.7. The number of carbonyl (C=O) groups excluding carboxylic acids is 2. The fraction of sp³-hybridized carbons (Fsp3) is 0.467. The summed E-state index contributed by atoms with van der Waals surface area (Å²) in [6.45, 7) is 4.85. The lowest BCUT2D eigenvalue weighted by atomic mass is 10.1. The lowest BCUT2D eigenvalue weighted by Crippen LogP contribution is -2.58. The predicted molar refractivity (Wildman–Crippen MR) is 75.3 cm³/mol. The average molecular weight is 276 g/mol. The third-order valence-corrected chi connectivity index (χ3v) is 3.66. The maximum atomic E-state index is 12.3. The molecule has 1 aliphatic rings. The van der Waals surface area contributed by atoms with Crippen molar-refractivity contribution in [3.8, 4) is 5.75 Å². The molecule has 1 aliphatic heterocycles. The first kappa shape index (κ1) is 14.4. The van der Waals surface area contributed by atoms with Gasteiger partial charge in [-0.2, -0.15) is 0 Å². The Morgan fingerprint density at radius 2 is 1.90 bits per heavy atom. The summed E-state index contributed by atoms with van der Waals surface area (Å²) in [6.07, 6.45) is 0. The molecule has 0 aromatic heterocycles. The van der Waals surface area contributed by atoms with E-state index >= 15 is 0 Å². The Kier molecular flexibility index (Phi) is 4.27. The molecule has 1 aromatic rings. The van der Waals surface area contributed by atoms with Gasteiger partial charge in [-0.1, -0.05) is 12.1 Å². The van der Waals surface area contributed by atoms with Gasteiger partial charge in [-0.15, -0.1) is 0 Å². The second-order valence-electron chi connectivity index (χ2n) is 4.90. The number of methoxy groups -OCH3 is 1. The molecular weight excluding hydrogens is 256 g/mol. The molecule has 5 nitrogen and oxygen atoms in total. The maximum Gasteiger partial charge on any atom is 0.245 e. The summed E-state index contributed by atoms with van der Waals surface area (Å²) in [5.41, 5.74) is 0.990. The number of benzene rings is 1. The Morgan fingerprint density at radius 1 is 1.25 bits per heavy atom. The predicted octanol–water partition coefficient (Wildman–Crippen LogP) is 1.27. The highest BCUT2D eigenvalue weighted by atomic mass is 16.5. The molecule has 1 atom stereocenters. The van der Waals surface area contributed by atoms with Gasteiger partial charge in [0.05, 0.1) is 7.11 Å². The van der Waals surface area contributed by atoms with Gasteiger partial charge in [0, 0.05) is 13.1 Å². The van der Waals surface area contributed by atoms with Crippen molar-refractivity contribution < 1.29 is 14.3 Å². The minimum absolute atomic E-state index is 0.00210. The molecule has 0 radical (unpaired) electrons. The van der Waals surface area contributed by atoms with E-state index in [-0.39, 0.29) is 24.4 Å². The summed E-state index contributed by atoms with van der Waals surface area (Å²) in [7, 11) is 1.61. The first-order valence-electron chi connectivity index (χ1n) is 6.78. The van der Waals surface area contributed by atoms with Gasteiger partial charge in [-0.05, 0) is 31.5 Å². The molecule has 0 unspecified atom stereocenters. The molecule has 0 bridgehead atoms. The summed E-state index contributed by atoms with van der Waals surface area (Å²) >= 11 is 0. The fourth-order valence-corrected chi connectivity index (χ4v) is 2.48. The molecule has 0 aliphatic carbocycles. The van der Waals surface area contributed by atoms with Crippen LogP contribution in [0.5, 0.6) is 5.75 Å². The van der Waals surface area contributed by atoms with Crippen molar-refractivity contribution in [1.29, 1.82) is 0 Å². The number of likely N-dealkylation sites (N-methyl/N-ethyl adjacent to an activating group) is 1. The van der Waals surface area contributed by atoms with Gasteiger partial charge in [0.1, 0.15) is 18.3 Å². The smallest absolute Gasteiger partial charge is 0.245 e. The number of piperazine rings is 1. The first-order chi connectivity index (χ1) is 9.56. The van der Waals surface area contributed by atoms with Gasteiger partial charge in [-0.25, -0.2) is 0 Å². The normalized spacial score (nSPS) is 19.4. The standard InChI is InChI=1S/C15H20N2O3/c1-4-17-11(2)15(19)16(10-14(17)18)9-12-5-7-13(20-3)8-6-12/h5-8,11H,4,9-10H2,1-3H3/t11-/m0/s1. The van der Waals surface area contributed by atoms with Crippen LogP contribution in [-0.4, -0.2) is 47.9 Å². The monoisotopic (exact) mass is 276 g/mol. The van der Waals surface area contributed by atoms with Gasteiger partial charge in [0.25, 0.3) is 0 Å². The molecule has 2 rings (SSSR count). The molecule has 0 saturated carbocycles. The number of amides is 2. The van der Waals surface area contributed by atoms with E-state index in [9.17, 15) is 9.59 Å². The third kappa shape index (κ3) is 2.76. The lowest BCUT2D eigenvalue weighted by molar-refractivity contribution is -0.155. The van der Waals surface area contributed by atoms with Gasteiger partial charge in [0.2, 0.25) is 11.8 Å². The number of hydrogen-bond donors (Lipinski definition) is 0. The van der Waals surface area contributed by atoms with E-state index in [0.717, 1.165) is 11.3 Å². The second kappa shape index (κ2) is 5.94. The number of ether oxygens (including phenoxy) is 1. The molecule has 0 spiro atoms. The number of hydrogen-bond acceptors (Lipinski definition) is 3. The van der Waals surface area contributed by atoms with E-state index in [1.54, 1.807) is 23.8 Å². The van der Waals surface area contributed by atoms with Crippen LogP contribution in [0.25, 0.3) is 0 Å². The number of nitrogens with zero attached hydrogens (tertiary/aromatic N) is 2. The second-order valence-corrected chi connectivity index (χ2v) is 4.90. The minimum Gasteiger partial charge on any atom is -0.497 e. The lowest BCUT2D eigenvalue weighted by Gasteiger charge is -2.38. The molecule has 1 heterocycles. The Bertz CT molecular complexity index is 498.